The van der Waals surface area contributed by atoms with Crippen LogP contribution in [0.5, 0.6) is 11.5 Å². The molecule has 1 aromatic rings. The maximum Gasteiger partial charge on any atom is 0.413 e. The van der Waals surface area contributed by atoms with Gasteiger partial charge < -0.3 is 19.5 Å². The van der Waals surface area contributed by atoms with E-state index in [1.807, 2.05) is 0 Å². The van der Waals surface area contributed by atoms with Gasteiger partial charge in [-0.15, -0.1) is 0 Å². The van der Waals surface area contributed by atoms with Gasteiger partial charge in [-0.2, -0.15) is 0 Å². The smallest absolute Gasteiger partial charge is 0.413 e. The Balaban J connectivity index is 2.37. The van der Waals surface area contributed by atoms with Crippen molar-refractivity contribution in [2.75, 3.05) is 20.3 Å². The highest BCUT2D eigenvalue weighted by atomic mass is 16.6. The summed E-state index contributed by atoms with van der Waals surface area (Å²) in [6.07, 6.45) is -0.715. The molecule has 0 unspecified atom stereocenters. The number of amides is 1. The fraction of sp³-hybridized carbons (Fsp3) is 0.333. The van der Waals surface area contributed by atoms with Gasteiger partial charge in [0.1, 0.15) is 18.0 Å². The number of carbonyl (C=O) groups excluding carboxylic acids is 2. The van der Waals surface area contributed by atoms with E-state index in [9.17, 15) is 9.59 Å². The lowest BCUT2D eigenvalue weighted by Crippen LogP contribution is -2.32. The molecule has 0 fully saturated rings. The van der Waals surface area contributed by atoms with Gasteiger partial charge in [0, 0.05) is 0 Å². The van der Waals surface area contributed by atoms with Crippen molar-refractivity contribution in [3.05, 3.63) is 24.3 Å². The summed E-state index contributed by atoms with van der Waals surface area (Å²) < 4.78 is 14.5. The lowest BCUT2D eigenvalue weighted by atomic mass is 10.3. The van der Waals surface area contributed by atoms with Gasteiger partial charge in [-0.05, 0) is 31.2 Å². The zero-order valence-electron chi connectivity index (χ0n) is 10.3. The van der Waals surface area contributed by atoms with Gasteiger partial charge in [-0.1, -0.05) is 0 Å². The minimum Gasteiger partial charge on any atom is -0.497 e. The first kappa shape index (κ1) is 13.8. The number of hydrogen-bond donors (Lipinski definition) is 1. The lowest BCUT2D eigenvalue weighted by molar-refractivity contribution is -0.141. The first-order chi connectivity index (χ1) is 8.65. The van der Waals surface area contributed by atoms with E-state index in [0.717, 1.165) is 0 Å². The number of benzene rings is 1. The zero-order chi connectivity index (χ0) is 13.4. The second-order valence-corrected chi connectivity index (χ2v) is 3.22. The lowest BCUT2D eigenvalue weighted by Gasteiger charge is -2.06. The van der Waals surface area contributed by atoms with Crippen molar-refractivity contribution in [3.63, 3.8) is 0 Å². The third-order valence-electron chi connectivity index (χ3n) is 1.95. The van der Waals surface area contributed by atoms with Gasteiger partial charge in [0.05, 0.1) is 13.7 Å². The number of carbonyl (C=O) groups is 2. The third-order valence-corrected chi connectivity index (χ3v) is 1.95. The second-order valence-electron chi connectivity index (χ2n) is 3.22. The van der Waals surface area contributed by atoms with E-state index in [4.69, 9.17) is 9.47 Å². The second kappa shape index (κ2) is 7.16. The van der Waals surface area contributed by atoms with E-state index in [1.165, 1.54) is 0 Å². The Morgan fingerprint density at radius 2 is 1.78 bits per heavy atom. The molecule has 0 bridgehead atoms. The topological polar surface area (TPSA) is 73.9 Å². The van der Waals surface area contributed by atoms with Crippen LogP contribution in [0.3, 0.4) is 0 Å². The molecule has 98 valence electrons. The van der Waals surface area contributed by atoms with Crippen LogP contribution >= 0.6 is 0 Å². The number of esters is 1. The van der Waals surface area contributed by atoms with Crippen molar-refractivity contribution in [2.45, 2.75) is 6.92 Å². The van der Waals surface area contributed by atoms with Gasteiger partial charge in [-0.3, -0.25) is 4.79 Å². The Hall–Kier alpha value is -2.24. The van der Waals surface area contributed by atoms with E-state index in [0.29, 0.717) is 11.5 Å². The quantitative estimate of drug-likeness (QED) is 0.802. The summed E-state index contributed by atoms with van der Waals surface area (Å²) >= 11 is 0. The van der Waals surface area contributed by atoms with E-state index in [2.05, 4.69) is 10.1 Å². The summed E-state index contributed by atoms with van der Waals surface area (Å²) in [5.41, 5.74) is 0. The van der Waals surface area contributed by atoms with Gasteiger partial charge in [0.25, 0.3) is 0 Å². The van der Waals surface area contributed by atoms with E-state index in [-0.39, 0.29) is 13.2 Å². The largest absolute Gasteiger partial charge is 0.497 e. The number of hydrogen-bond acceptors (Lipinski definition) is 5. The predicted octanol–water partition coefficient (Wildman–Crippen LogP) is 1.35. The van der Waals surface area contributed by atoms with E-state index in [1.54, 1.807) is 38.3 Å². The molecule has 0 aliphatic rings. The normalized spacial score (nSPS) is 9.44. The fourth-order valence-electron chi connectivity index (χ4n) is 1.14. The molecule has 0 aromatic heterocycles. The first-order valence-electron chi connectivity index (χ1n) is 5.41. The maximum atomic E-state index is 11.3. The molecule has 1 amide bonds. The van der Waals surface area contributed by atoms with Gasteiger partial charge in [0.2, 0.25) is 0 Å². The minimum absolute atomic E-state index is 0.219. The molecule has 0 saturated carbocycles. The molecule has 1 N–H and O–H groups in total. The molecule has 1 aromatic carbocycles. The summed E-state index contributed by atoms with van der Waals surface area (Å²) in [5.74, 6) is 0.510. The van der Waals surface area contributed by atoms with Crippen molar-refractivity contribution in [2.24, 2.45) is 0 Å². The van der Waals surface area contributed by atoms with Gasteiger partial charge in [0.15, 0.2) is 0 Å². The average Bonchev–Trinajstić information content (AvgIpc) is 2.38. The summed E-state index contributed by atoms with van der Waals surface area (Å²) in [5, 5.41) is 2.28. The average molecular weight is 253 g/mol. The molecule has 6 nitrogen and oxygen atoms in total. The van der Waals surface area contributed by atoms with Crippen molar-refractivity contribution < 1.29 is 23.8 Å². The van der Waals surface area contributed by atoms with Gasteiger partial charge >= 0.3 is 12.1 Å². The highest BCUT2D eigenvalue weighted by Gasteiger charge is 2.07. The van der Waals surface area contributed by atoms with Crippen molar-refractivity contribution in [1.29, 1.82) is 0 Å². The molecular formula is C12H15NO5. The van der Waals surface area contributed by atoms with Crippen LogP contribution in [-0.2, 0) is 9.53 Å². The van der Waals surface area contributed by atoms with Crippen LogP contribution in [0.4, 0.5) is 4.79 Å². The summed E-state index contributed by atoms with van der Waals surface area (Å²) in [7, 11) is 1.54. The summed E-state index contributed by atoms with van der Waals surface area (Å²) in [6, 6.07) is 6.49. The Labute approximate surface area is 105 Å². The summed E-state index contributed by atoms with van der Waals surface area (Å²) in [6.45, 7) is 1.74. The molecule has 6 heteroatoms. The molecule has 0 heterocycles. The fourth-order valence-corrected chi connectivity index (χ4v) is 1.14. The number of rotatable bonds is 5. The number of nitrogens with one attached hydrogen (secondary N) is 1. The van der Waals surface area contributed by atoms with Crippen LogP contribution in [0, 0.1) is 0 Å². The Morgan fingerprint density at radius 1 is 1.17 bits per heavy atom. The van der Waals surface area contributed by atoms with Crippen LogP contribution in [0.25, 0.3) is 0 Å². The number of methoxy groups -OCH3 is 1. The zero-order valence-corrected chi connectivity index (χ0v) is 10.3. The molecule has 0 aliphatic heterocycles. The Morgan fingerprint density at radius 3 is 2.33 bits per heavy atom. The monoisotopic (exact) mass is 253 g/mol. The van der Waals surface area contributed by atoms with E-state index >= 15 is 0 Å². The van der Waals surface area contributed by atoms with Crippen molar-refractivity contribution >= 4 is 12.1 Å². The van der Waals surface area contributed by atoms with Gasteiger partial charge in [-0.25, -0.2) is 4.79 Å². The summed E-state index contributed by atoms with van der Waals surface area (Å²) in [4.78, 5) is 22.3. The van der Waals surface area contributed by atoms with Crippen LogP contribution in [0.1, 0.15) is 6.92 Å². The molecule has 0 aliphatic carbocycles. The third kappa shape index (κ3) is 4.73. The standard InChI is InChI=1S/C12H15NO5/c1-3-17-11(14)8-13-12(15)18-10-6-4-9(16-2)5-7-10/h4-7H,3,8H2,1-2H3,(H,13,15). The van der Waals surface area contributed by atoms with E-state index < -0.39 is 12.1 Å². The number of ether oxygens (including phenoxy) is 3. The molecule has 0 saturated heterocycles. The van der Waals surface area contributed by atoms with Crippen molar-refractivity contribution in [3.8, 4) is 11.5 Å². The molecule has 0 atom stereocenters. The highest BCUT2D eigenvalue weighted by Crippen LogP contribution is 2.16. The Kier molecular flexibility index (Phi) is 5.50. The van der Waals surface area contributed by atoms with Crippen LogP contribution in [0.15, 0.2) is 24.3 Å². The first-order valence-corrected chi connectivity index (χ1v) is 5.41. The predicted molar refractivity (Wildman–Crippen MR) is 63.7 cm³/mol. The van der Waals surface area contributed by atoms with Crippen LogP contribution < -0.4 is 14.8 Å². The molecule has 0 spiro atoms. The van der Waals surface area contributed by atoms with Crippen LogP contribution in [-0.4, -0.2) is 32.3 Å². The SMILES string of the molecule is CCOC(=O)CNC(=O)Oc1ccc(OC)cc1. The highest BCUT2D eigenvalue weighted by molar-refractivity contribution is 5.78. The van der Waals surface area contributed by atoms with Crippen molar-refractivity contribution in [1.82, 2.24) is 5.32 Å². The molecule has 0 radical (unpaired) electrons. The molecule has 1 rings (SSSR count). The Bertz CT molecular complexity index is 401. The minimum atomic E-state index is -0.715. The maximum absolute atomic E-state index is 11.3. The van der Waals surface area contributed by atoms with Crippen LogP contribution in [0.2, 0.25) is 0 Å². The molecule has 18 heavy (non-hydrogen) atoms. The molecular weight excluding hydrogens is 238 g/mol.